The van der Waals surface area contributed by atoms with Gasteiger partial charge in [0, 0.05) is 0 Å². The van der Waals surface area contributed by atoms with Crippen LogP contribution < -0.4 is 0 Å². The second-order valence-corrected chi connectivity index (χ2v) is 1.90. The minimum absolute atomic E-state index is 0. The summed E-state index contributed by atoms with van der Waals surface area (Å²) in [5.41, 5.74) is 1.80. The van der Waals surface area contributed by atoms with Crippen LogP contribution in [0.4, 0.5) is 5.69 Å². The molecule has 1 heteroatoms. The normalized spacial score (nSPS) is 7.60. The highest BCUT2D eigenvalue weighted by Gasteiger charge is 1.90. The quantitative estimate of drug-likeness (QED) is 0.479. The highest BCUT2D eigenvalue weighted by atomic mass is 14.6. The molecule has 0 heterocycles. The second kappa shape index (κ2) is 3.68. The van der Waals surface area contributed by atoms with Crippen molar-refractivity contribution < 1.29 is 0 Å². The Morgan fingerprint density at radius 2 is 1.90 bits per heavy atom. The van der Waals surface area contributed by atoms with Crippen molar-refractivity contribution in [2.45, 2.75) is 14.4 Å². The Morgan fingerprint density at radius 3 is 2.30 bits per heavy atom. The maximum absolute atomic E-state index is 6.71. The molecular weight excluding hydrogens is 122 g/mol. The van der Waals surface area contributed by atoms with Gasteiger partial charge in [-0.2, -0.15) is 0 Å². The molecule has 0 atom stereocenters. The van der Waals surface area contributed by atoms with Crippen LogP contribution in [0.5, 0.6) is 0 Å². The van der Waals surface area contributed by atoms with E-state index in [1.165, 1.54) is 0 Å². The number of aryl methyl sites for hydroxylation is 1. The lowest BCUT2D eigenvalue weighted by molar-refractivity contribution is 1.49. The van der Waals surface area contributed by atoms with Crippen molar-refractivity contribution in [3.63, 3.8) is 0 Å². The molecule has 0 N–H and O–H groups in total. The van der Waals surface area contributed by atoms with Crippen LogP contribution in [0.2, 0.25) is 0 Å². The monoisotopic (exact) mass is 133 g/mol. The standard InChI is InChI=1S/C8H7N.CH4/c1-7-5-3-4-6-8(7)9-2;/h3-6H,1H3;1H4. The molecule has 0 aliphatic heterocycles. The lowest BCUT2D eigenvalue weighted by Gasteiger charge is -1.91. The van der Waals surface area contributed by atoms with Crippen LogP contribution in [0.15, 0.2) is 24.3 Å². The third-order valence-electron chi connectivity index (χ3n) is 1.24. The lowest BCUT2D eigenvalue weighted by atomic mass is 10.2. The van der Waals surface area contributed by atoms with Gasteiger partial charge in [-0.1, -0.05) is 31.7 Å². The minimum Gasteiger partial charge on any atom is -0.238 e. The van der Waals surface area contributed by atoms with Gasteiger partial charge in [-0.05, 0) is 12.5 Å². The van der Waals surface area contributed by atoms with Crippen molar-refractivity contribution in [2.24, 2.45) is 0 Å². The third-order valence-corrected chi connectivity index (χ3v) is 1.24. The fourth-order valence-electron chi connectivity index (χ4n) is 0.689. The Balaban J connectivity index is 0.000000810. The number of nitrogens with zero attached hydrogens (tertiary/aromatic N) is 1. The van der Waals surface area contributed by atoms with Gasteiger partial charge in [0.2, 0.25) is 0 Å². The van der Waals surface area contributed by atoms with E-state index in [0.29, 0.717) is 0 Å². The van der Waals surface area contributed by atoms with Gasteiger partial charge < -0.3 is 0 Å². The SMILES string of the molecule is C.[C-]#[N+]c1ccccc1C. The first-order chi connectivity index (χ1) is 4.34. The van der Waals surface area contributed by atoms with Crippen molar-refractivity contribution in [1.29, 1.82) is 0 Å². The summed E-state index contributed by atoms with van der Waals surface area (Å²) >= 11 is 0. The highest BCUT2D eigenvalue weighted by Crippen LogP contribution is 2.15. The van der Waals surface area contributed by atoms with Crippen molar-refractivity contribution in [3.05, 3.63) is 41.2 Å². The fraction of sp³-hybridized carbons (Fsp3) is 0.222. The van der Waals surface area contributed by atoms with Crippen LogP contribution in [0.3, 0.4) is 0 Å². The summed E-state index contributed by atoms with van der Waals surface area (Å²) in [7, 11) is 0. The molecule has 0 radical (unpaired) electrons. The van der Waals surface area contributed by atoms with E-state index in [9.17, 15) is 0 Å². The molecule has 10 heavy (non-hydrogen) atoms. The number of hydrogen-bond donors (Lipinski definition) is 0. The first kappa shape index (κ1) is 8.71. The molecule has 0 aromatic heterocycles. The van der Waals surface area contributed by atoms with Crippen LogP contribution in [0.25, 0.3) is 4.85 Å². The second-order valence-electron chi connectivity index (χ2n) is 1.90. The molecule has 0 spiro atoms. The Morgan fingerprint density at radius 1 is 1.30 bits per heavy atom. The molecule has 1 rings (SSSR count). The fourth-order valence-corrected chi connectivity index (χ4v) is 0.689. The highest BCUT2D eigenvalue weighted by molar-refractivity contribution is 5.50. The van der Waals surface area contributed by atoms with Crippen LogP contribution in [0, 0.1) is 13.5 Å². The van der Waals surface area contributed by atoms with Crippen molar-refractivity contribution in [1.82, 2.24) is 0 Å². The predicted octanol–water partition coefficient (Wildman–Crippen LogP) is 3.18. The van der Waals surface area contributed by atoms with E-state index in [2.05, 4.69) is 4.85 Å². The van der Waals surface area contributed by atoms with Crippen molar-refractivity contribution in [3.8, 4) is 0 Å². The summed E-state index contributed by atoms with van der Waals surface area (Å²) < 4.78 is 0. The Kier molecular flexibility index (Phi) is 3.21. The summed E-state index contributed by atoms with van der Waals surface area (Å²) in [5, 5.41) is 0. The largest absolute Gasteiger partial charge is 0.238 e. The molecule has 0 aliphatic rings. The van der Waals surface area contributed by atoms with Crippen LogP contribution in [0.1, 0.15) is 13.0 Å². The smallest absolute Gasteiger partial charge is 0.190 e. The van der Waals surface area contributed by atoms with Gasteiger partial charge in [0.05, 0.1) is 6.57 Å². The maximum atomic E-state index is 6.71. The van der Waals surface area contributed by atoms with Gasteiger partial charge in [0.25, 0.3) is 0 Å². The zero-order valence-corrected chi connectivity index (χ0v) is 5.26. The van der Waals surface area contributed by atoms with E-state index < -0.39 is 0 Å². The average molecular weight is 133 g/mol. The summed E-state index contributed by atoms with van der Waals surface area (Å²) in [6.07, 6.45) is 0. The van der Waals surface area contributed by atoms with E-state index in [0.717, 1.165) is 11.3 Å². The zero-order valence-electron chi connectivity index (χ0n) is 5.26. The third kappa shape index (κ3) is 1.60. The molecule has 0 bridgehead atoms. The molecule has 0 aliphatic carbocycles. The minimum atomic E-state index is 0. The number of hydrogen-bond acceptors (Lipinski definition) is 0. The van der Waals surface area contributed by atoms with Crippen LogP contribution in [-0.2, 0) is 0 Å². The number of para-hydroxylation sites is 1. The first-order valence-corrected chi connectivity index (χ1v) is 2.77. The van der Waals surface area contributed by atoms with Gasteiger partial charge in [-0.3, -0.25) is 0 Å². The Hall–Kier alpha value is -1.29. The maximum Gasteiger partial charge on any atom is 0.190 e. The number of rotatable bonds is 0. The van der Waals surface area contributed by atoms with Gasteiger partial charge in [0.1, 0.15) is 0 Å². The molecular formula is C9H11N. The molecule has 1 aromatic carbocycles. The Bertz CT molecular complexity index is 245. The lowest BCUT2D eigenvalue weighted by Crippen LogP contribution is -1.67. The summed E-state index contributed by atoms with van der Waals surface area (Å²) in [6.45, 7) is 8.65. The van der Waals surface area contributed by atoms with Gasteiger partial charge in [-0.25, -0.2) is 4.85 Å². The first-order valence-electron chi connectivity index (χ1n) is 2.77. The van der Waals surface area contributed by atoms with E-state index in [1.54, 1.807) is 0 Å². The van der Waals surface area contributed by atoms with Crippen LogP contribution >= 0.6 is 0 Å². The van der Waals surface area contributed by atoms with Gasteiger partial charge in [-0.15, -0.1) is 0 Å². The molecule has 1 aromatic rings. The van der Waals surface area contributed by atoms with Crippen molar-refractivity contribution in [2.75, 3.05) is 0 Å². The van der Waals surface area contributed by atoms with E-state index in [1.807, 2.05) is 31.2 Å². The molecule has 0 saturated heterocycles. The predicted molar refractivity (Wildman–Crippen MR) is 44.2 cm³/mol. The molecule has 0 saturated carbocycles. The molecule has 52 valence electrons. The molecule has 0 unspecified atom stereocenters. The average Bonchev–Trinajstić information content (AvgIpc) is 1.89. The molecule has 0 fully saturated rings. The topological polar surface area (TPSA) is 4.36 Å². The van der Waals surface area contributed by atoms with E-state index in [-0.39, 0.29) is 7.43 Å². The summed E-state index contributed by atoms with van der Waals surface area (Å²) in [5.74, 6) is 0. The zero-order chi connectivity index (χ0) is 6.69. The van der Waals surface area contributed by atoms with Gasteiger partial charge >= 0.3 is 0 Å². The van der Waals surface area contributed by atoms with E-state index in [4.69, 9.17) is 6.57 Å². The van der Waals surface area contributed by atoms with Crippen molar-refractivity contribution >= 4 is 5.69 Å². The summed E-state index contributed by atoms with van der Waals surface area (Å²) in [6, 6.07) is 7.57. The number of benzene rings is 1. The Labute approximate surface area is 62.1 Å². The molecule has 0 amide bonds. The summed E-state index contributed by atoms with van der Waals surface area (Å²) in [4.78, 5) is 3.32. The van der Waals surface area contributed by atoms with Gasteiger partial charge in [0.15, 0.2) is 5.69 Å². The van der Waals surface area contributed by atoms with E-state index >= 15 is 0 Å². The molecule has 1 nitrogen and oxygen atoms in total. The van der Waals surface area contributed by atoms with Crippen LogP contribution in [-0.4, -0.2) is 0 Å².